The summed E-state index contributed by atoms with van der Waals surface area (Å²) in [5.74, 6) is 0. The number of hydrogen-bond acceptors (Lipinski definition) is 9. The van der Waals surface area contributed by atoms with Gasteiger partial charge in [-0.2, -0.15) is 0 Å². The molecule has 1 aliphatic heterocycles. The minimum atomic E-state index is -1.48. The Morgan fingerprint density at radius 2 is 1.74 bits per heavy atom. The molecule has 23 heavy (non-hydrogen) atoms. The largest absolute Gasteiger partial charge is 0.392 e. The van der Waals surface area contributed by atoms with Crippen LogP contribution in [0, 0.1) is 0 Å². The summed E-state index contributed by atoms with van der Waals surface area (Å²) in [6.45, 7) is 1.19. The van der Waals surface area contributed by atoms with Crippen molar-refractivity contribution in [1.29, 1.82) is 0 Å². The Morgan fingerprint density at radius 3 is 2.30 bits per heavy atom. The predicted octanol–water partition coefficient (Wildman–Crippen LogP) is -3.56. The molecule has 2 rings (SSSR count). The van der Waals surface area contributed by atoms with Gasteiger partial charge in [0.15, 0.2) is 6.29 Å². The van der Waals surface area contributed by atoms with Crippen LogP contribution >= 0.6 is 0 Å². The fourth-order valence-electron chi connectivity index (χ4n) is 3.02. The maximum Gasteiger partial charge on any atom is 0.186 e. The molecule has 1 fully saturated rings. The third-order valence-electron chi connectivity index (χ3n) is 4.47. The van der Waals surface area contributed by atoms with Crippen molar-refractivity contribution in [2.75, 3.05) is 13.7 Å². The highest BCUT2D eigenvalue weighted by atomic mass is 16.7. The van der Waals surface area contributed by atoms with Gasteiger partial charge in [0.25, 0.3) is 0 Å². The van der Waals surface area contributed by atoms with E-state index in [1.807, 2.05) is 0 Å². The summed E-state index contributed by atoms with van der Waals surface area (Å²) >= 11 is 0. The Balaban J connectivity index is 2.15. The standard InChI is InChI=1S/C14H25NO8/c1-5-8(11(19)13(21)14(22-2)23-5)15-7-3-6(4-16)9(17)12(20)10(7)18/h3,5,7-21H,4H2,1-2H3/t5-,7-,8-,9+,10-,11+,12-,13-,14+/m1/s1. The fraction of sp³-hybridized carbons (Fsp3) is 0.857. The zero-order valence-electron chi connectivity index (χ0n) is 13.0. The molecule has 0 bridgehead atoms. The van der Waals surface area contributed by atoms with E-state index in [0.717, 1.165) is 0 Å². The number of methoxy groups -OCH3 is 1. The van der Waals surface area contributed by atoms with Crippen LogP contribution in [-0.2, 0) is 9.47 Å². The van der Waals surface area contributed by atoms with E-state index < -0.39 is 61.6 Å². The molecule has 9 heteroatoms. The summed E-state index contributed by atoms with van der Waals surface area (Å²) in [6.07, 6.45) is -6.83. The molecule has 2 aliphatic rings. The van der Waals surface area contributed by atoms with Gasteiger partial charge in [0.05, 0.1) is 24.8 Å². The molecule has 0 aromatic carbocycles. The zero-order chi connectivity index (χ0) is 17.3. The Kier molecular flexibility index (Phi) is 6.11. The Bertz CT molecular complexity index is 433. The second kappa shape index (κ2) is 7.51. The molecule has 9 nitrogen and oxygen atoms in total. The molecule has 0 aromatic heterocycles. The quantitative estimate of drug-likeness (QED) is 0.259. The first-order valence-corrected chi connectivity index (χ1v) is 7.47. The van der Waals surface area contributed by atoms with Gasteiger partial charge in [-0.3, -0.25) is 0 Å². The van der Waals surface area contributed by atoms with Crippen LogP contribution in [0.15, 0.2) is 11.6 Å². The minimum absolute atomic E-state index is 0.162. The molecule has 0 saturated carbocycles. The summed E-state index contributed by atoms with van der Waals surface area (Å²) in [5.41, 5.74) is 0.162. The molecule has 0 radical (unpaired) electrons. The van der Waals surface area contributed by atoms with E-state index in [1.165, 1.54) is 13.2 Å². The molecule has 1 aliphatic carbocycles. The highest BCUT2D eigenvalue weighted by Gasteiger charge is 2.45. The van der Waals surface area contributed by atoms with Crippen LogP contribution in [0.5, 0.6) is 0 Å². The number of rotatable bonds is 4. The van der Waals surface area contributed by atoms with E-state index in [0.29, 0.717) is 0 Å². The second-order valence-corrected chi connectivity index (χ2v) is 5.97. The highest BCUT2D eigenvalue weighted by Crippen LogP contribution is 2.25. The van der Waals surface area contributed by atoms with Gasteiger partial charge in [-0.25, -0.2) is 0 Å². The van der Waals surface area contributed by atoms with Crippen LogP contribution in [-0.4, -0.2) is 99.4 Å². The molecule has 1 heterocycles. The van der Waals surface area contributed by atoms with E-state index in [-0.39, 0.29) is 5.57 Å². The lowest BCUT2D eigenvalue weighted by Crippen LogP contribution is -2.66. The molecular weight excluding hydrogens is 310 g/mol. The smallest absolute Gasteiger partial charge is 0.186 e. The second-order valence-electron chi connectivity index (χ2n) is 5.97. The van der Waals surface area contributed by atoms with E-state index >= 15 is 0 Å². The van der Waals surface area contributed by atoms with Gasteiger partial charge in [-0.05, 0) is 12.5 Å². The number of aliphatic hydroxyl groups is 6. The molecule has 7 N–H and O–H groups in total. The Hall–Kier alpha value is -0.620. The lowest BCUT2D eigenvalue weighted by atomic mass is 9.86. The first-order valence-electron chi connectivity index (χ1n) is 7.47. The minimum Gasteiger partial charge on any atom is -0.392 e. The molecule has 0 aromatic rings. The van der Waals surface area contributed by atoms with Gasteiger partial charge in [0.2, 0.25) is 0 Å². The summed E-state index contributed by atoms with van der Waals surface area (Å²) in [5, 5.41) is 62.0. The van der Waals surface area contributed by atoms with E-state index in [4.69, 9.17) is 9.47 Å². The van der Waals surface area contributed by atoms with Crippen molar-refractivity contribution in [3.8, 4) is 0 Å². The van der Waals surface area contributed by atoms with Crippen LogP contribution < -0.4 is 5.32 Å². The van der Waals surface area contributed by atoms with Gasteiger partial charge in [-0.1, -0.05) is 6.08 Å². The molecule has 9 atom stereocenters. The topological polar surface area (TPSA) is 152 Å². The normalized spacial score (nSPS) is 48.2. The summed E-state index contributed by atoms with van der Waals surface area (Å²) in [6, 6.07) is -1.60. The number of hydrogen-bond donors (Lipinski definition) is 7. The van der Waals surface area contributed by atoms with E-state index in [2.05, 4.69) is 5.32 Å². The third kappa shape index (κ3) is 3.58. The maximum absolute atomic E-state index is 10.2. The van der Waals surface area contributed by atoms with Crippen LogP contribution in [0.25, 0.3) is 0 Å². The Labute approximate surface area is 133 Å². The number of ether oxygens (including phenoxy) is 2. The van der Waals surface area contributed by atoms with Crippen LogP contribution in [0.2, 0.25) is 0 Å². The summed E-state index contributed by atoms with van der Waals surface area (Å²) in [7, 11) is 1.35. The highest BCUT2D eigenvalue weighted by molar-refractivity contribution is 5.22. The van der Waals surface area contributed by atoms with Crippen molar-refractivity contribution in [3.05, 3.63) is 11.6 Å². The first kappa shape index (κ1) is 18.7. The van der Waals surface area contributed by atoms with Crippen molar-refractivity contribution in [3.63, 3.8) is 0 Å². The van der Waals surface area contributed by atoms with Crippen LogP contribution in [0.3, 0.4) is 0 Å². The summed E-state index contributed by atoms with van der Waals surface area (Å²) in [4.78, 5) is 0. The summed E-state index contributed by atoms with van der Waals surface area (Å²) < 4.78 is 10.4. The molecular formula is C14H25NO8. The monoisotopic (exact) mass is 335 g/mol. The van der Waals surface area contributed by atoms with Crippen LogP contribution in [0.1, 0.15) is 6.92 Å². The zero-order valence-corrected chi connectivity index (χ0v) is 13.0. The maximum atomic E-state index is 10.2. The molecule has 0 unspecified atom stereocenters. The van der Waals surface area contributed by atoms with Crippen LogP contribution in [0.4, 0.5) is 0 Å². The number of nitrogens with one attached hydrogen (secondary N) is 1. The average molecular weight is 335 g/mol. The average Bonchev–Trinajstić information content (AvgIpc) is 2.54. The van der Waals surface area contributed by atoms with Gasteiger partial charge < -0.3 is 45.4 Å². The molecule has 0 spiro atoms. The molecule has 1 saturated heterocycles. The van der Waals surface area contributed by atoms with E-state index in [1.54, 1.807) is 6.92 Å². The van der Waals surface area contributed by atoms with Gasteiger partial charge in [0, 0.05) is 7.11 Å². The van der Waals surface area contributed by atoms with Gasteiger partial charge in [0.1, 0.15) is 30.5 Å². The van der Waals surface area contributed by atoms with Gasteiger partial charge >= 0.3 is 0 Å². The molecule has 0 amide bonds. The lowest BCUT2D eigenvalue weighted by molar-refractivity contribution is -0.265. The van der Waals surface area contributed by atoms with Crippen molar-refractivity contribution >= 4 is 0 Å². The third-order valence-corrected chi connectivity index (χ3v) is 4.47. The predicted molar refractivity (Wildman–Crippen MR) is 77.3 cm³/mol. The molecule has 134 valence electrons. The van der Waals surface area contributed by atoms with Crippen molar-refractivity contribution in [1.82, 2.24) is 5.32 Å². The van der Waals surface area contributed by atoms with Crippen molar-refractivity contribution in [2.24, 2.45) is 0 Å². The first-order chi connectivity index (χ1) is 10.8. The van der Waals surface area contributed by atoms with Crippen molar-refractivity contribution < 1.29 is 40.1 Å². The Morgan fingerprint density at radius 1 is 1.09 bits per heavy atom. The van der Waals surface area contributed by atoms with Crippen molar-refractivity contribution in [2.45, 2.75) is 61.9 Å². The fourth-order valence-corrected chi connectivity index (χ4v) is 3.02. The number of aliphatic hydroxyl groups excluding tert-OH is 6. The van der Waals surface area contributed by atoms with E-state index in [9.17, 15) is 30.6 Å². The van der Waals surface area contributed by atoms with Gasteiger partial charge in [-0.15, -0.1) is 0 Å². The lowest BCUT2D eigenvalue weighted by Gasteiger charge is -2.44. The SMILES string of the molecule is CO[C@H]1O[C@H](C)[C@@H](N[C@@H]2C=C(CO)[C@H](O)[C@@H](O)[C@@H]2O)[C@H](O)[C@H]1O.